The summed E-state index contributed by atoms with van der Waals surface area (Å²) in [5, 5.41) is 7.96. The Morgan fingerprint density at radius 2 is 1.94 bits per heavy atom. The van der Waals surface area contributed by atoms with Crippen molar-refractivity contribution in [3.05, 3.63) is 72.2 Å². The van der Waals surface area contributed by atoms with Crippen molar-refractivity contribution in [1.29, 1.82) is 0 Å². The number of nitrogens with two attached hydrogens (primary N) is 2. The molecule has 0 aliphatic heterocycles. The largest absolute Gasteiger partial charge is 0.463 e. The van der Waals surface area contributed by atoms with Crippen molar-refractivity contribution in [2.24, 2.45) is 5.73 Å². The van der Waals surface area contributed by atoms with Crippen molar-refractivity contribution in [3.63, 3.8) is 0 Å². The van der Waals surface area contributed by atoms with E-state index in [4.69, 9.17) is 16.2 Å². The zero-order chi connectivity index (χ0) is 24.4. The lowest BCUT2D eigenvalue weighted by molar-refractivity contribution is 0.0996. The minimum atomic E-state index is -0.739. The van der Waals surface area contributed by atoms with Crippen LogP contribution in [-0.4, -0.2) is 47.6 Å². The van der Waals surface area contributed by atoms with Crippen LogP contribution in [0.4, 0.5) is 5.69 Å². The maximum atomic E-state index is 12.2. The molecule has 0 saturated carbocycles. The maximum absolute atomic E-state index is 12.2. The van der Waals surface area contributed by atoms with Gasteiger partial charge in [-0.15, -0.1) is 0 Å². The van der Waals surface area contributed by atoms with E-state index >= 15 is 0 Å². The fourth-order valence-corrected chi connectivity index (χ4v) is 3.82. The number of nitrogens with one attached hydrogen (secondary N) is 1. The fraction of sp³-hybridized carbons (Fsp3) is 0.125. The van der Waals surface area contributed by atoms with E-state index in [1.54, 1.807) is 43.1 Å². The van der Waals surface area contributed by atoms with Crippen LogP contribution in [-0.2, 0) is 6.42 Å². The predicted octanol–water partition coefficient (Wildman–Crippen LogP) is 2.48. The summed E-state index contributed by atoms with van der Waals surface area (Å²) in [6.45, 7) is 2.27. The number of hydrogen-bond acceptors (Lipinski definition) is 9. The normalized spacial score (nSPS) is 11.0. The Kier molecular flexibility index (Phi) is 5.71. The second kappa shape index (κ2) is 9.14. The number of aryl methyl sites for hydroxylation is 1. The average Bonchev–Trinajstić information content (AvgIpc) is 3.34. The summed E-state index contributed by atoms with van der Waals surface area (Å²) in [6, 6.07) is 7.51. The quantitative estimate of drug-likeness (QED) is 0.325. The molecule has 0 bridgehead atoms. The molecule has 0 aliphatic rings. The lowest BCUT2D eigenvalue weighted by Gasteiger charge is -2.15. The van der Waals surface area contributed by atoms with Gasteiger partial charge in [0.05, 0.1) is 41.1 Å². The summed E-state index contributed by atoms with van der Waals surface area (Å²) in [4.78, 5) is 33.5. The van der Waals surface area contributed by atoms with E-state index in [1.165, 1.54) is 0 Å². The van der Waals surface area contributed by atoms with Crippen LogP contribution in [0.15, 0.2) is 55.2 Å². The van der Waals surface area contributed by atoms with Gasteiger partial charge in [-0.2, -0.15) is 10.1 Å². The van der Waals surface area contributed by atoms with Gasteiger partial charge in [0.2, 0.25) is 0 Å². The smallest absolute Gasteiger partial charge is 0.316 e. The first-order valence-corrected chi connectivity index (χ1v) is 10.8. The highest BCUT2D eigenvalue weighted by molar-refractivity contribution is 6.05. The van der Waals surface area contributed by atoms with Gasteiger partial charge in [-0.25, -0.2) is 9.97 Å². The molecular weight excluding hydrogens is 446 g/mol. The molecule has 35 heavy (non-hydrogen) atoms. The number of fused-ring (bicyclic) bond motifs is 1. The Balaban J connectivity index is 1.54. The molecule has 0 atom stereocenters. The summed E-state index contributed by atoms with van der Waals surface area (Å²) in [5.41, 5.74) is 17.0. The minimum absolute atomic E-state index is 0.0406. The fourth-order valence-electron chi connectivity index (χ4n) is 3.82. The van der Waals surface area contributed by atoms with Gasteiger partial charge in [-0.1, -0.05) is 6.07 Å². The Labute approximate surface area is 199 Å². The van der Waals surface area contributed by atoms with Crippen LogP contribution in [0.3, 0.4) is 0 Å². The van der Waals surface area contributed by atoms with Crippen LogP contribution < -0.4 is 16.2 Å². The van der Waals surface area contributed by atoms with Crippen LogP contribution >= 0.6 is 0 Å². The van der Waals surface area contributed by atoms with E-state index in [-0.39, 0.29) is 17.4 Å². The summed E-state index contributed by atoms with van der Waals surface area (Å²) in [6.07, 6.45) is 8.73. The lowest BCUT2D eigenvalue weighted by Crippen LogP contribution is -2.17. The summed E-state index contributed by atoms with van der Waals surface area (Å²) < 4.78 is 5.71. The van der Waals surface area contributed by atoms with Gasteiger partial charge >= 0.3 is 6.01 Å². The van der Waals surface area contributed by atoms with Crippen LogP contribution in [0, 0.1) is 6.92 Å². The Bertz CT molecular complexity index is 1530. The Morgan fingerprint density at radius 1 is 1.06 bits per heavy atom. The Hall–Kier alpha value is -4.93. The number of benzene rings is 1. The number of anilines is 1. The molecule has 5 rings (SSSR count). The molecule has 11 heteroatoms. The molecule has 5 N–H and O–H groups in total. The zero-order valence-electron chi connectivity index (χ0n) is 18.8. The number of carbonyl (C=O) groups excluding carboxylic acids is 1. The van der Waals surface area contributed by atoms with Crippen molar-refractivity contribution in [1.82, 2.24) is 35.1 Å². The zero-order valence-corrected chi connectivity index (χ0v) is 18.8. The summed E-state index contributed by atoms with van der Waals surface area (Å²) in [5.74, 6) is -0.739. The molecule has 1 amide bonds. The van der Waals surface area contributed by atoms with E-state index in [1.807, 2.05) is 19.1 Å². The first kappa shape index (κ1) is 21.9. The lowest BCUT2D eigenvalue weighted by atomic mass is 9.94. The van der Waals surface area contributed by atoms with E-state index in [2.05, 4.69) is 35.1 Å². The standard InChI is InChI=1S/C24H21N9O2/c1-13-2-3-17-16(12-30-33-17)20(13)15-10-19(31-22(21(15)25)23(26)34)18-4-6-29-24(32-18)35-9-5-14-11-27-7-8-28-14/h2-4,6-8,10-12H,5,9,25H2,1H3,(H2,26,34)(H,30,33). The molecule has 174 valence electrons. The van der Waals surface area contributed by atoms with Crippen molar-refractivity contribution in [2.45, 2.75) is 13.3 Å². The minimum Gasteiger partial charge on any atom is -0.463 e. The number of aromatic amines is 1. The molecule has 4 aromatic heterocycles. The second-order valence-electron chi connectivity index (χ2n) is 7.79. The molecule has 1 aromatic carbocycles. The van der Waals surface area contributed by atoms with E-state index < -0.39 is 5.91 Å². The van der Waals surface area contributed by atoms with Crippen LogP contribution in [0.2, 0.25) is 0 Å². The third-order valence-electron chi connectivity index (χ3n) is 5.50. The highest BCUT2D eigenvalue weighted by Crippen LogP contribution is 2.37. The number of H-pyrrole nitrogens is 1. The predicted molar refractivity (Wildman–Crippen MR) is 129 cm³/mol. The first-order valence-electron chi connectivity index (χ1n) is 10.8. The second-order valence-corrected chi connectivity index (χ2v) is 7.79. The van der Waals surface area contributed by atoms with Crippen LogP contribution in [0.25, 0.3) is 33.4 Å². The summed E-state index contributed by atoms with van der Waals surface area (Å²) in [7, 11) is 0. The Morgan fingerprint density at radius 3 is 2.74 bits per heavy atom. The average molecular weight is 467 g/mol. The number of aromatic nitrogens is 7. The van der Waals surface area contributed by atoms with Crippen LogP contribution in [0.1, 0.15) is 21.7 Å². The van der Waals surface area contributed by atoms with E-state index in [0.29, 0.717) is 30.0 Å². The number of carbonyl (C=O) groups is 1. The molecule has 0 spiro atoms. The van der Waals surface area contributed by atoms with E-state index in [9.17, 15) is 4.79 Å². The molecular formula is C24H21N9O2. The number of ether oxygens (including phenoxy) is 1. The van der Waals surface area contributed by atoms with Gasteiger partial charge in [-0.3, -0.25) is 19.9 Å². The van der Waals surface area contributed by atoms with Crippen LogP contribution in [0.5, 0.6) is 6.01 Å². The molecule has 0 radical (unpaired) electrons. The number of rotatable bonds is 7. The van der Waals surface area contributed by atoms with E-state index in [0.717, 1.165) is 27.7 Å². The molecule has 0 saturated heterocycles. The number of nitrogens with zero attached hydrogens (tertiary/aromatic N) is 6. The van der Waals surface area contributed by atoms with Crippen molar-refractivity contribution >= 4 is 22.5 Å². The van der Waals surface area contributed by atoms with Gasteiger partial charge in [0, 0.05) is 42.2 Å². The van der Waals surface area contributed by atoms with Gasteiger partial charge in [0.1, 0.15) is 0 Å². The SMILES string of the molecule is Cc1ccc2[nH]ncc2c1-c1cc(-c2ccnc(OCCc3cnccn3)n2)nc(C(N)=O)c1N. The third kappa shape index (κ3) is 4.34. The molecule has 0 unspecified atom stereocenters. The van der Waals surface area contributed by atoms with Gasteiger partial charge in [0.15, 0.2) is 5.69 Å². The van der Waals surface area contributed by atoms with Gasteiger partial charge < -0.3 is 16.2 Å². The molecule has 0 fully saturated rings. The number of nitrogen functional groups attached to an aromatic ring is 1. The highest BCUT2D eigenvalue weighted by Gasteiger charge is 2.20. The number of pyridine rings is 1. The topological polar surface area (TPSA) is 171 Å². The monoisotopic (exact) mass is 467 g/mol. The van der Waals surface area contributed by atoms with Crippen molar-refractivity contribution in [3.8, 4) is 28.5 Å². The number of amides is 1. The number of primary amides is 1. The van der Waals surface area contributed by atoms with Gasteiger partial charge in [-0.05, 0) is 36.2 Å². The van der Waals surface area contributed by atoms with Crippen molar-refractivity contribution < 1.29 is 9.53 Å². The summed E-state index contributed by atoms with van der Waals surface area (Å²) >= 11 is 0. The van der Waals surface area contributed by atoms with Gasteiger partial charge in [0.25, 0.3) is 5.91 Å². The first-order chi connectivity index (χ1) is 17.0. The number of hydrogen-bond donors (Lipinski definition) is 3. The molecule has 0 aliphatic carbocycles. The molecule has 11 nitrogen and oxygen atoms in total. The third-order valence-corrected chi connectivity index (χ3v) is 5.50. The highest BCUT2D eigenvalue weighted by atomic mass is 16.5. The van der Waals surface area contributed by atoms with Crippen molar-refractivity contribution in [2.75, 3.05) is 12.3 Å². The molecule has 5 aromatic rings. The molecule has 4 heterocycles. The maximum Gasteiger partial charge on any atom is 0.316 e.